The number of fused-ring (bicyclic) bond motifs is 1. The van der Waals surface area contributed by atoms with E-state index in [0.717, 1.165) is 10.9 Å². The molecule has 1 aromatic heterocycles. The fraction of sp³-hybridized carbons (Fsp3) is 0.0455. The summed E-state index contributed by atoms with van der Waals surface area (Å²) in [6.07, 6.45) is 0. The third-order valence-electron chi connectivity index (χ3n) is 4.40. The minimum Gasteiger partial charge on any atom is -0.355 e. The summed E-state index contributed by atoms with van der Waals surface area (Å²) in [6, 6.07) is 21.4. The van der Waals surface area contributed by atoms with Crippen molar-refractivity contribution in [3.63, 3.8) is 0 Å². The van der Waals surface area contributed by atoms with Crippen molar-refractivity contribution in [2.75, 3.05) is 17.7 Å². The van der Waals surface area contributed by atoms with Crippen molar-refractivity contribution >= 4 is 34.2 Å². The Balaban J connectivity index is 1.55. The molecule has 144 valence electrons. The van der Waals surface area contributed by atoms with E-state index in [1.807, 2.05) is 30.3 Å². The maximum atomic E-state index is 12.7. The van der Waals surface area contributed by atoms with Gasteiger partial charge < -0.3 is 20.5 Å². The second-order valence-electron chi connectivity index (χ2n) is 6.35. The molecule has 3 aromatic carbocycles. The first-order valence-corrected chi connectivity index (χ1v) is 8.99. The van der Waals surface area contributed by atoms with Crippen LogP contribution in [-0.2, 0) is 0 Å². The summed E-state index contributed by atoms with van der Waals surface area (Å²) in [7, 11) is 1.54. The van der Waals surface area contributed by atoms with Gasteiger partial charge in [0.2, 0.25) is 0 Å². The normalized spacial score (nSPS) is 10.5. The Labute approximate surface area is 166 Å². The van der Waals surface area contributed by atoms with Crippen LogP contribution < -0.4 is 16.0 Å². The van der Waals surface area contributed by atoms with Gasteiger partial charge >= 0.3 is 6.03 Å². The first-order valence-electron chi connectivity index (χ1n) is 8.99. The first-order chi connectivity index (χ1) is 14.1. The van der Waals surface area contributed by atoms with Gasteiger partial charge in [0.05, 0.1) is 5.39 Å². The number of carbonyl (C=O) groups excluding carboxylic acids is 2. The van der Waals surface area contributed by atoms with Crippen molar-refractivity contribution in [3.8, 4) is 11.3 Å². The van der Waals surface area contributed by atoms with E-state index in [9.17, 15) is 9.59 Å². The number of nitrogens with zero attached hydrogens (tertiary/aromatic N) is 1. The van der Waals surface area contributed by atoms with Crippen LogP contribution in [0, 0.1) is 0 Å². The molecule has 0 fully saturated rings. The van der Waals surface area contributed by atoms with Crippen molar-refractivity contribution in [2.24, 2.45) is 0 Å². The van der Waals surface area contributed by atoms with Gasteiger partial charge in [0.25, 0.3) is 5.91 Å². The maximum absolute atomic E-state index is 12.7. The highest BCUT2D eigenvalue weighted by molar-refractivity contribution is 6.07. The number of urea groups is 1. The first kappa shape index (κ1) is 18.2. The Morgan fingerprint density at radius 1 is 0.862 bits per heavy atom. The molecule has 0 saturated heterocycles. The quantitative estimate of drug-likeness (QED) is 0.481. The van der Waals surface area contributed by atoms with Crippen LogP contribution in [0.15, 0.2) is 77.3 Å². The van der Waals surface area contributed by atoms with E-state index in [1.165, 1.54) is 0 Å². The average molecular weight is 386 g/mol. The zero-order valence-electron chi connectivity index (χ0n) is 15.6. The molecule has 3 amide bonds. The number of amides is 3. The van der Waals surface area contributed by atoms with Gasteiger partial charge in [0.15, 0.2) is 5.76 Å². The molecular formula is C22H18N4O3. The van der Waals surface area contributed by atoms with Gasteiger partial charge in [-0.3, -0.25) is 4.79 Å². The number of hydrogen-bond acceptors (Lipinski definition) is 4. The van der Waals surface area contributed by atoms with Crippen LogP contribution >= 0.6 is 0 Å². The third-order valence-corrected chi connectivity index (χ3v) is 4.40. The topological polar surface area (TPSA) is 96.3 Å². The molecule has 0 aliphatic heterocycles. The highest BCUT2D eigenvalue weighted by Crippen LogP contribution is 2.29. The maximum Gasteiger partial charge on any atom is 0.318 e. The van der Waals surface area contributed by atoms with Crippen LogP contribution in [-0.4, -0.2) is 24.1 Å². The highest BCUT2D eigenvalue weighted by Gasteiger charge is 2.14. The Hall–Kier alpha value is -4.13. The number of nitrogens with one attached hydrogen (secondary N) is 3. The smallest absolute Gasteiger partial charge is 0.318 e. The number of benzene rings is 3. The van der Waals surface area contributed by atoms with Gasteiger partial charge in [-0.2, -0.15) is 0 Å². The Kier molecular flexibility index (Phi) is 4.94. The van der Waals surface area contributed by atoms with Crippen molar-refractivity contribution in [3.05, 3.63) is 78.4 Å². The van der Waals surface area contributed by atoms with E-state index in [1.54, 1.807) is 49.5 Å². The molecule has 4 aromatic rings. The van der Waals surface area contributed by atoms with Crippen LogP contribution in [0.5, 0.6) is 0 Å². The molecule has 29 heavy (non-hydrogen) atoms. The lowest BCUT2D eigenvalue weighted by Gasteiger charge is -2.08. The van der Waals surface area contributed by atoms with Crippen molar-refractivity contribution in [2.45, 2.75) is 0 Å². The zero-order chi connectivity index (χ0) is 20.2. The largest absolute Gasteiger partial charge is 0.355 e. The van der Waals surface area contributed by atoms with Crippen LogP contribution in [0.25, 0.3) is 22.2 Å². The molecule has 0 bridgehead atoms. The predicted octanol–water partition coefficient (Wildman–Crippen LogP) is 4.50. The standard InChI is InChI=1S/C22H18N4O3/c1-23-22(28)25-17-10-8-16(9-11-17)24-21(27)15-7-12-19-18(13-15)20(29-26-19)14-5-3-2-4-6-14/h2-13H,1H3,(H,24,27)(H2,23,25,28). The lowest BCUT2D eigenvalue weighted by atomic mass is 10.1. The second kappa shape index (κ2) is 7.85. The summed E-state index contributed by atoms with van der Waals surface area (Å²) in [5, 5.41) is 12.8. The molecule has 0 radical (unpaired) electrons. The van der Waals surface area contributed by atoms with Crippen LogP contribution in [0.4, 0.5) is 16.2 Å². The monoisotopic (exact) mass is 386 g/mol. The van der Waals surface area contributed by atoms with Crippen molar-refractivity contribution in [1.29, 1.82) is 0 Å². The molecule has 7 heteroatoms. The lowest BCUT2D eigenvalue weighted by Crippen LogP contribution is -2.24. The molecule has 0 aliphatic carbocycles. The molecule has 7 nitrogen and oxygen atoms in total. The van der Waals surface area contributed by atoms with Crippen LogP contribution in [0.1, 0.15) is 10.4 Å². The van der Waals surface area contributed by atoms with Gasteiger partial charge in [-0.1, -0.05) is 35.5 Å². The molecule has 0 unspecified atom stereocenters. The average Bonchev–Trinajstić information content (AvgIpc) is 3.19. The van der Waals surface area contributed by atoms with E-state index in [2.05, 4.69) is 21.1 Å². The minimum atomic E-state index is -0.307. The van der Waals surface area contributed by atoms with Gasteiger partial charge in [0.1, 0.15) is 5.52 Å². The van der Waals surface area contributed by atoms with Gasteiger partial charge in [-0.25, -0.2) is 4.79 Å². The van der Waals surface area contributed by atoms with E-state index in [4.69, 9.17) is 4.52 Å². The number of anilines is 2. The Bertz CT molecular complexity index is 1170. The fourth-order valence-electron chi connectivity index (χ4n) is 2.91. The summed E-state index contributed by atoms with van der Waals surface area (Å²) in [6.45, 7) is 0. The number of hydrogen-bond donors (Lipinski definition) is 3. The Morgan fingerprint density at radius 2 is 1.55 bits per heavy atom. The molecule has 0 saturated carbocycles. The van der Waals surface area contributed by atoms with E-state index in [-0.39, 0.29) is 11.9 Å². The molecule has 1 heterocycles. The number of carbonyl (C=O) groups is 2. The summed E-state index contributed by atoms with van der Waals surface area (Å²) in [5.41, 5.74) is 3.31. The van der Waals surface area contributed by atoms with Crippen molar-refractivity contribution < 1.29 is 14.1 Å². The Morgan fingerprint density at radius 3 is 2.24 bits per heavy atom. The van der Waals surface area contributed by atoms with E-state index in [0.29, 0.717) is 28.2 Å². The van der Waals surface area contributed by atoms with Gasteiger partial charge in [-0.05, 0) is 42.5 Å². The second-order valence-corrected chi connectivity index (χ2v) is 6.35. The van der Waals surface area contributed by atoms with Crippen molar-refractivity contribution in [1.82, 2.24) is 10.5 Å². The summed E-state index contributed by atoms with van der Waals surface area (Å²) in [4.78, 5) is 24.0. The SMILES string of the molecule is CNC(=O)Nc1ccc(NC(=O)c2ccc3noc(-c4ccccc4)c3c2)cc1. The van der Waals surface area contributed by atoms with Crippen LogP contribution in [0.3, 0.4) is 0 Å². The molecular weight excluding hydrogens is 368 g/mol. The zero-order valence-corrected chi connectivity index (χ0v) is 15.6. The highest BCUT2D eigenvalue weighted by atomic mass is 16.5. The molecule has 4 rings (SSSR count). The molecule has 0 aliphatic rings. The predicted molar refractivity (Wildman–Crippen MR) is 112 cm³/mol. The molecule has 3 N–H and O–H groups in total. The third kappa shape index (κ3) is 3.93. The number of aromatic nitrogens is 1. The minimum absolute atomic E-state index is 0.251. The lowest BCUT2D eigenvalue weighted by molar-refractivity contribution is 0.102. The van der Waals surface area contributed by atoms with Gasteiger partial charge in [0, 0.05) is 29.5 Å². The number of rotatable bonds is 4. The summed E-state index contributed by atoms with van der Waals surface area (Å²) >= 11 is 0. The summed E-state index contributed by atoms with van der Waals surface area (Å²) < 4.78 is 5.49. The van der Waals surface area contributed by atoms with E-state index >= 15 is 0 Å². The molecule has 0 atom stereocenters. The van der Waals surface area contributed by atoms with Crippen LogP contribution in [0.2, 0.25) is 0 Å². The fourth-order valence-corrected chi connectivity index (χ4v) is 2.91. The molecule has 0 spiro atoms. The van der Waals surface area contributed by atoms with Gasteiger partial charge in [-0.15, -0.1) is 0 Å². The van der Waals surface area contributed by atoms with E-state index < -0.39 is 0 Å². The summed E-state index contributed by atoms with van der Waals surface area (Å²) in [5.74, 6) is 0.374.